The predicted molar refractivity (Wildman–Crippen MR) is 65.3 cm³/mol. The van der Waals surface area contributed by atoms with Gasteiger partial charge in [0, 0.05) is 22.6 Å². The first-order chi connectivity index (χ1) is 7.94. The van der Waals surface area contributed by atoms with Crippen molar-refractivity contribution < 1.29 is 12.8 Å². The molecule has 3 N–H and O–H groups in total. The fraction of sp³-hybridized carbons (Fsp3) is 0.400. The smallest absolute Gasteiger partial charge is 0.243 e. The third-order valence-corrected chi connectivity index (χ3v) is 4.47. The maximum atomic E-state index is 13.9. The lowest BCUT2D eigenvalue weighted by Crippen LogP contribution is -2.27. The first-order valence-electron chi connectivity index (χ1n) is 5.14. The zero-order valence-corrected chi connectivity index (χ0v) is 11.3. The highest BCUT2D eigenvalue weighted by Crippen LogP contribution is 2.27. The van der Waals surface area contributed by atoms with Crippen LogP contribution in [-0.2, 0) is 16.6 Å². The van der Waals surface area contributed by atoms with Crippen LogP contribution in [0.4, 0.5) is 4.39 Å². The minimum absolute atomic E-state index is 0.0444. The first-order valence-corrected chi connectivity index (χ1v) is 7.42. The van der Waals surface area contributed by atoms with Crippen LogP contribution in [0.3, 0.4) is 0 Å². The maximum Gasteiger partial charge on any atom is 0.243 e. The molecule has 0 heterocycles. The van der Waals surface area contributed by atoms with Crippen molar-refractivity contribution in [3.8, 4) is 0 Å². The first kappa shape index (κ1) is 12.9. The Bertz CT molecular complexity index is 543. The Kier molecular flexibility index (Phi) is 3.53. The van der Waals surface area contributed by atoms with Crippen LogP contribution in [0.15, 0.2) is 21.5 Å². The van der Waals surface area contributed by atoms with E-state index < -0.39 is 15.8 Å². The summed E-state index contributed by atoms with van der Waals surface area (Å²) in [6, 6.07) is 2.67. The predicted octanol–water partition coefficient (Wildman–Crippen LogP) is 1.49. The van der Waals surface area contributed by atoms with E-state index in [1.807, 2.05) is 0 Å². The molecule has 2 rings (SSSR count). The molecule has 0 aromatic heterocycles. The molecule has 1 aromatic carbocycles. The molecule has 0 amide bonds. The van der Waals surface area contributed by atoms with Gasteiger partial charge in [-0.05, 0) is 25.0 Å². The Balaban J connectivity index is 2.46. The highest BCUT2D eigenvalue weighted by Gasteiger charge is 2.30. The van der Waals surface area contributed by atoms with Crippen LogP contribution in [0.25, 0.3) is 0 Å². The van der Waals surface area contributed by atoms with Crippen molar-refractivity contribution in [3.63, 3.8) is 0 Å². The lowest BCUT2D eigenvalue weighted by atomic mass is 10.2. The molecule has 0 spiro atoms. The van der Waals surface area contributed by atoms with Gasteiger partial charge >= 0.3 is 0 Å². The summed E-state index contributed by atoms with van der Waals surface area (Å²) in [7, 11) is -3.79. The van der Waals surface area contributed by atoms with E-state index >= 15 is 0 Å². The van der Waals surface area contributed by atoms with Gasteiger partial charge in [0.2, 0.25) is 10.0 Å². The topological polar surface area (TPSA) is 72.2 Å². The Morgan fingerprint density at radius 2 is 2.12 bits per heavy atom. The van der Waals surface area contributed by atoms with Crippen molar-refractivity contribution in [3.05, 3.63) is 28.0 Å². The average Bonchev–Trinajstić information content (AvgIpc) is 3.03. The number of sulfonamides is 1. The fourth-order valence-electron chi connectivity index (χ4n) is 1.45. The summed E-state index contributed by atoms with van der Waals surface area (Å²) in [4.78, 5) is -0.348. The average molecular weight is 323 g/mol. The second-order valence-electron chi connectivity index (χ2n) is 3.98. The Morgan fingerprint density at radius 1 is 1.47 bits per heavy atom. The van der Waals surface area contributed by atoms with Gasteiger partial charge in [0.05, 0.1) is 0 Å². The summed E-state index contributed by atoms with van der Waals surface area (Å²) in [6.45, 7) is -0.0444. The van der Waals surface area contributed by atoms with Crippen LogP contribution in [0.1, 0.15) is 18.4 Å². The minimum Gasteiger partial charge on any atom is -0.326 e. The van der Waals surface area contributed by atoms with Crippen LogP contribution in [-0.4, -0.2) is 14.5 Å². The van der Waals surface area contributed by atoms with Gasteiger partial charge in [-0.15, -0.1) is 0 Å². The van der Waals surface area contributed by atoms with Gasteiger partial charge in [0.15, 0.2) is 0 Å². The Hall–Kier alpha value is -0.500. The highest BCUT2D eigenvalue weighted by atomic mass is 79.9. The molecule has 0 atom stereocenters. The number of benzene rings is 1. The standard InChI is InChI=1S/C10H12BrFN2O2S/c11-7-3-6(5-13)10(12)9(4-7)17(15,16)14-8-1-2-8/h3-4,8,14H,1-2,5,13H2. The van der Waals surface area contributed by atoms with Crippen molar-refractivity contribution in [2.45, 2.75) is 30.3 Å². The summed E-state index contributed by atoms with van der Waals surface area (Å²) in [6.07, 6.45) is 1.61. The van der Waals surface area contributed by atoms with E-state index in [0.717, 1.165) is 12.8 Å². The van der Waals surface area contributed by atoms with E-state index in [9.17, 15) is 12.8 Å². The fourth-order valence-corrected chi connectivity index (χ4v) is 3.55. The van der Waals surface area contributed by atoms with Gasteiger partial charge in [-0.2, -0.15) is 0 Å². The van der Waals surface area contributed by atoms with Gasteiger partial charge in [-0.25, -0.2) is 17.5 Å². The number of rotatable bonds is 4. The molecular weight excluding hydrogens is 311 g/mol. The molecule has 0 radical (unpaired) electrons. The van der Waals surface area contributed by atoms with Gasteiger partial charge in [-0.3, -0.25) is 0 Å². The van der Waals surface area contributed by atoms with Crippen molar-refractivity contribution in [2.24, 2.45) is 5.73 Å². The van der Waals surface area contributed by atoms with Crippen LogP contribution in [0.2, 0.25) is 0 Å². The van der Waals surface area contributed by atoms with E-state index in [-0.39, 0.29) is 23.0 Å². The molecule has 1 saturated carbocycles. The minimum atomic E-state index is -3.79. The normalized spacial score (nSPS) is 16.2. The van der Waals surface area contributed by atoms with Gasteiger partial charge in [0.25, 0.3) is 0 Å². The van der Waals surface area contributed by atoms with Crippen LogP contribution in [0.5, 0.6) is 0 Å². The van der Waals surface area contributed by atoms with E-state index in [0.29, 0.717) is 4.47 Å². The number of halogens is 2. The van der Waals surface area contributed by atoms with E-state index in [2.05, 4.69) is 20.7 Å². The lowest BCUT2D eigenvalue weighted by Gasteiger charge is -2.10. The Morgan fingerprint density at radius 3 is 2.65 bits per heavy atom. The summed E-state index contributed by atoms with van der Waals surface area (Å²) in [5.74, 6) is -0.774. The quantitative estimate of drug-likeness (QED) is 0.882. The summed E-state index contributed by atoms with van der Waals surface area (Å²) >= 11 is 3.15. The van der Waals surface area contributed by atoms with Crippen molar-refractivity contribution in [1.82, 2.24) is 4.72 Å². The summed E-state index contributed by atoms with van der Waals surface area (Å²) in [5, 5.41) is 0. The molecule has 1 fully saturated rings. The monoisotopic (exact) mass is 322 g/mol. The van der Waals surface area contributed by atoms with E-state index in [1.165, 1.54) is 12.1 Å². The van der Waals surface area contributed by atoms with Crippen molar-refractivity contribution in [1.29, 1.82) is 0 Å². The molecule has 0 unspecified atom stereocenters. The molecule has 4 nitrogen and oxygen atoms in total. The van der Waals surface area contributed by atoms with Gasteiger partial charge < -0.3 is 5.73 Å². The van der Waals surface area contributed by atoms with E-state index in [4.69, 9.17) is 5.73 Å². The number of hydrogen-bond donors (Lipinski definition) is 2. The summed E-state index contributed by atoms with van der Waals surface area (Å²) in [5.41, 5.74) is 5.55. The zero-order chi connectivity index (χ0) is 12.6. The summed E-state index contributed by atoms with van der Waals surface area (Å²) < 4.78 is 40.7. The molecule has 0 saturated heterocycles. The molecule has 1 aliphatic carbocycles. The van der Waals surface area contributed by atoms with Crippen LogP contribution in [0, 0.1) is 5.82 Å². The number of nitrogens with one attached hydrogen (secondary N) is 1. The SMILES string of the molecule is NCc1cc(Br)cc(S(=O)(=O)NC2CC2)c1F. The molecule has 0 bridgehead atoms. The second-order valence-corrected chi connectivity index (χ2v) is 6.57. The largest absolute Gasteiger partial charge is 0.326 e. The van der Waals surface area contributed by atoms with Crippen molar-refractivity contribution in [2.75, 3.05) is 0 Å². The molecule has 7 heteroatoms. The molecule has 17 heavy (non-hydrogen) atoms. The molecular formula is C10H12BrFN2O2S. The van der Waals surface area contributed by atoms with Gasteiger partial charge in [0.1, 0.15) is 10.7 Å². The third-order valence-electron chi connectivity index (χ3n) is 2.49. The Labute approximate surface area is 108 Å². The van der Waals surface area contributed by atoms with Crippen LogP contribution >= 0.6 is 15.9 Å². The van der Waals surface area contributed by atoms with Crippen molar-refractivity contribution >= 4 is 26.0 Å². The molecule has 94 valence electrons. The van der Waals surface area contributed by atoms with E-state index in [1.54, 1.807) is 0 Å². The highest BCUT2D eigenvalue weighted by molar-refractivity contribution is 9.10. The van der Waals surface area contributed by atoms with Gasteiger partial charge in [-0.1, -0.05) is 15.9 Å². The maximum absolute atomic E-state index is 13.9. The second kappa shape index (κ2) is 4.64. The number of nitrogens with two attached hydrogens (primary N) is 1. The molecule has 0 aliphatic heterocycles. The van der Waals surface area contributed by atoms with Crippen LogP contribution < -0.4 is 10.5 Å². The molecule has 1 aromatic rings. The number of hydrogen-bond acceptors (Lipinski definition) is 3. The zero-order valence-electron chi connectivity index (χ0n) is 8.91. The third kappa shape index (κ3) is 2.85. The lowest BCUT2D eigenvalue weighted by molar-refractivity contribution is 0.549. The molecule has 1 aliphatic rings.